The third-order valence-electron chi connectivity index (χ3n) is 4.34. The van der Waals surface area contributed by atoms with E-state index in [0.29, 0.717) is 6.42 Å². The predicted molar refractivity (Wildman–Crippen MR) is 83.8 cm³/mol. The van der Waals surface area contributed by atoms with Crippen molar-refractivity contribution in [3.63, 3.8) is 0 Å². The van der Waals surface area contributed by atoms with Gasteiger partial charge in [0.2, 0.25) is 0 Å². The Labute approximate surface area is 125 Å². The maximum absolute atomic E-state index is 11.9. The summed E-state index contributed by atoms with van der Waals surface area (Å²) in [5.41, 5.74) is 3.13. The zero-order valence-electron chi connectivity index (χ0n) is 12.0. The molecule has 2 aromatic carbocycles. The van der Waals surface area contributed by atoms with Crippen LogP contribution in [0.1, 0.15) is 37.4 Å². The van der Waals surface area contributed by atoms with Crippen LogP contribution in [0.25, 0.3) is 11.1 Å². The Morgan fingerprint density at radius 1 is 0.905 bits per heavy atom. The highest BCUT2D eigenvalue weighted by Crippen LogP contribution is 2.33. The molecule has 3 rings (SSSR count). The number of aliphatic hydroxyl groups excluding tert-OH is 1. The lowest BCUT2D eigenvalue weighted by Crippen LogP contribution is -2.25. The first kappa shape index (κ1) is 14.0. The average Bonchev–Trinajstić information content (AvgIpc) is 2.56. The number of Topliss-reactive ketones (excluding diaryl/α,β-unsaturated/α-hetero) is 1. The molecular formula is C19H20O2. The molecule has 0 heterocycles. The van der Waals surface area contributed by atoms with Gasteiger partial charge in [0.25, 0.3) is 0 Å². The maximum Gasteiger partial charge on any atom is 0.138 e. The Morgan fingerprint density at radius 3 is 2.24 bits per heavy atom. The van der Waals surface area contributed by atoms with Gasteiger partial charge in [0, 0.05) is 12.3 Å². The van der Waals surface area contributed by atoms with Gasteiger partial charge in [0.05, 0.1) is 6.10 Å². The highest BCUT2D eigenvalue weighted by atomic mass is 16.3. The van der Waals surface area contributed by atoms with Gasteiger partial charge >= 0.3 is 0 Å². The summed E-state index contributed by atoms with van der Waals surface area (Å²) in [6.45, 7) is 0. The molecule has 1 aliphatic rings. The van der Waals surface area contributed by atoms with E-state index in [1.807, 2.05) is 42.5 Å². The van der Waals surface area contributed by atoms with E-state index in [1.165, 1.54) is 0 Å². The van der Waals surface area contributed by atoms with Crippen LogP contribution in [0.5, 0.6) is 0 Å². The molecule has 1 N–H and O–H groups in total. The van der Waals surface area contributed by atoms with E-state index in [1.54, 1.807) is 0 Å². The van der Waals surface area contributed by atoms with Crippen molar-refractivity contribution in [2.45, 2.75) is 31.8 Å². The van der Waals surface area contributed by atoms with Crippen LogP contribution in [0.15, 0.2) is 54.6 Å². The number of hydrogen-bond acceptors (Lipinski definition) is 2. The Balaban J connectivity index is 1.79. The lowest BCUT2D eigenvalue weighted by Gasteiger charge is -2.25. The Morgan fingerprint density at radius 2 is 1.57 bits per heavy atom. The molecule has 2 aromatic rings. The van der Waals surface area contributed by atoms with Crippen molar-refractivity contribution in [3.8, 4) is 11.1 Å². The van der Waals surface area contributed by atoms with E-state index in [2.05, 4.69) is 12.1 Å². The van der Waals surface area contributed by atoms with Crippen LogP contribution < -0.4 is 0 Å². The van der Waals surface area contributed by atoms with Crippen molar-refractivity contribution in [1.29, 1.82) is 0 Å². The largest absolute Gasteiger partial charge is 0.388 e. The number of hydrogen-bond donors (Lipinski definition) is 1. The summed E-state index contributed by atoms with van der Waals surface area (Å²) < 4.78 is 0. The normalized spacial score (nSPS) is 20.2. The second-order valence-electron chi connectivity index (χ2n) is 5.75. The van der Waals surface area contributed by atoms with Crippen molar-refractivity contribution in [1.82, 2.24) is 0 Å². The van der Waals surface area contributed by atoms with Crippen LogP contribution in [-0.4, -0.2) is 10.9 Å². The maximum atomic E-state index is 11.9. The molecule has 0 amide bonds. The average molecular weight is 280 g/mol. The molecule has 1 saturated carbocycles. The van der Waals surface area contributed by atoms with Crippen LogP contribution in [0.2, 0.25) is 0 Å². The minimum Gasteiger partial charge on any atom is -0.388 e. The number of ketones is 1. The summed E-state index contributed by atoms with van der Waals surface area (Å²) >= 11 is 0. The van der Waals surface area contributed by atoms with Gasteiger partial charge in [-0.3, -0.25) is 4.79 Å². The van der Waals surface area contributed by atoms with Gasteiger partial charge in [0.15, 0.2) is 0 Å². The van der Waals surface area contributed by atoms with Crippen molar-refractivity contribution in [3.05, 3.63) is 60.2 Å². The highest BCUT2D eigenvalue weighted by Gasteiger charge is 2.29. The molecule has 1 aliphatic carbocycles. The lowest BCUT2D eigenvalue weighted by atomic mass is 9.81. The topological polar surface area (TPSA) is 37.3 Å². The highest BCUT2D eigenvalue weighted by molar-refractivity contribution is 5.82. The van der Waals surface area contributed by atoms with Crippen molar-refractivity contribution in [2.24, 2.45) is 5.92 Å². The number of aliphatic hydroxyl groups is 1. The molecular weight excluding hydrogens is 260 g/mol. The molecule has 2 heteroatoms. The summed E-state index contributed by atoms with van der Waals surface area (Å²) in [4.78, 5) is 11.9. The van der Waals surface area contributed by atoms with Gasteiger partial charge in [-0.05, 0) is 29.5 Å². The first-order valence-electron chi connectivity index (χ1n) is 7.62. The first-order chi connectivity index (χ1) is 10.3. The Kier molecular flexibility index (Phi) is 4.16. The molecule has 0 spiro atoms. The molecule has 0 saturated heterocycles. The van der Waals surface area contributed by atoms with Crippen LogP contribution in [-0.2, 0) is 4.79 Å². The summed E-state index contributed by atoms with van der Waals surface area (Å²) in [6, 6.07) is 18.1. The molecule has 108 valence electrons. The number of carbonyl (C=O) groups excluding carboxylic acids is 1. The van der Waals surface area contributed by atoms with Gasteiger partial charge in [0.1, 0.15) is 5.78 Å². The molecule has 0 unspecified atom stereocenters. The molecule has 0 bridgehead atoms. The van der Waals surface area contributed by atoms with Gasteiger partial charge in [-0.25, -0.2) is 0 Å². The van der Waals surface area contributed by atoms with Crippen LogP contribution in [0, 0.1) is 5.92 Å². The Hall–Kier alpha value is -1.93. The fourth-order valence-electron chi connectivity index (χ4n) is 3.08. The van der Waals surface area contributed by atoms with E-state index in [0.717, 1.165) is 36.0 Å². The van der Waals surface area contributed by atoms with Crippen LogP contribution in [0.3, 0.4) is 0 Å². The molecule has 2 nitrogen and oxygen atoms in total. The summed E-state index contributed by atoms with van der Waals surface area (Å²) in [5.74, 6) is -0.0118. The monoisotopic (exact) mass is 280 g/mol. The van der Waals surface area contributed by atoms with E-state index in [9.17, 15) is 9.90 Å². The third-order valence-corrected chi connectivity index (χ3v) is 4.34. The Bertz CT molecular complexity index is 601. The second kappa shape index (κ2) is 6.23. The van der Waals surface area contributed by atoms with Crippen molar-refractivity contribution < 1.29 is 9.90 Å². The van der Waals surface area contributed by atoms with E-state index in [-0.39, 0.29) is 11.7 Å². The second-order valence-corrected chi connectivity index (χ2v) is 5.75. The quantitative estimate of drug-likeness (QED) is 0.917. The smallest absolute Gasteiger partial charge is 0.138 e. The zero-order chi connectivity index (χ0) is 14.7. The van der Waals surface area contributed by atoms with Crippen molar-refractivity contribution in [2.75, 3.05) is 0 Å². The fourth-order valence-corrected chi connectivity index (χ4v) is 3.08. The first-order valence-corrected chi connectivity index (χ1v) is 7.62. The standard InChI is InChI=1S/C19H20O2/c20-18-9-5-4-8-17(18)19(21)16-12-10-15(11-13-16)14-6-2-1-3-7-14/h1-3,6-7,10-13,17,19,21H,4-5,8-9H2/t17-,19-/m1/s1. The molecule has 21 heavy (non-hydrogen) atoms. The number of carbonyl (C=O) groups is 1. The number of benzene rings is 2. The summed E-state index contributed by atoms with van der Waals surface area (Å²) in [7, 11) is 0. The fraction of sp³-hybridized carbons (Fsp3) is 0.316. The van der Waals surface area contributed by atoms with Crippen LogP contribution in [0.4, 0.5) is 0 Å². The third kappa shape index (κ3) is 3.06. The van der Waals surface area contributed by atoms with Gasteiger partial charge in [-0.15, -0.1) is 0 Å². The minimum absolute atomic E-state index is 0.209. The lowest BCUT2D eigenvalue weighted by molar-refractivity contribution is -0.128. The van der Waals surface area contributed by atoms with Gasteiger partial charge in [-0.2, -0.15) is 0 Å². The minimum atomic E-state index is -0.664. The molecule has 0 aromatic heterocycles. The van der Waals surface area contributed by atoms with E-state index in [4.69, 9.17) is 0 Å². The summed E-state index contributed by atoms with van der Waals surface area (Å²) in [5, 5.41) is 10.5. The van der Waals surface area contributed by atoms with Gasteiger partial charge < -0.3 is 5.11 Å². The predicted octanol–water partition coefficient (Wildman–Crippen LogP) is 4.15. The van der Waals surface area contributed by atoms with Gasteiger partial charge in [-0.1, -0.05) is 61.0 Å². The molecule has 0 radical (unpaired) electrons. The van der Waals surface area contributed by atoms with Crippen molar-refractivity contribution >= 4 is 5.78 Å². The van der Waals surface area contributed by atoms with E-state index >= 15 is 0 Å². The molecule has 1 fully saturated rings. The molecule has 0 aliphatic heterocycles. The zero-order valence-corrected chi connectivity index (χ0v) is 12.0. The SMILES string of the molecule is O=C1CCCC[C@H]1[C@H](O)c1ccc(-c2ccccc2)cc1. The molecule has 2 atom stereocenters. The number of rotatable bonds is 3. The van der Waals surface area contributed by atoms with Crippen LogP contribution >= 0.6 is 0 Å². The summed E-state index contributed by atoms with van der Waals surface area (Å²) in [6.07, 6.45) is 2.76. The van der Waals surface area contributed by atoms with E-state index < -0.39 is 6.10 Å².